The maximum atomic E-state index is 13.1. The van der Waals surface area contributed by atoms with E-state index in [1.807, 2.05) is 23.0 Å². The fraction of sp³-hybridized carbons (Fsp3) is 0.375. The van der Waals surface area contributed by atoms with Crippen LogP contribution in [0.4, 0.5) is 10.3 Å². The van der Waals surface area contributed by atoms with Gasteiger partial charge in [-0.15, -0.1) is 23.1 Å². The zero-order chi connectivity index (χ0) is 28.6. The first-order chi connectivity index (χ1) is 19.2. The molecule has 5 heterocycles. The van der Waals surface area contributed by atoms with Crippen molar-refractivity contribution in [2.24, 2.45) is 5.16 Å². The molecule has 1 unspecified atom stereocenters. The minimum atomic E-state index is -1.20. The highest BCUT2D eigenvalue weighted by molar-refractivity contribution is 8.00. The fourth-order valence-electron chi connectivity index (χ4n) is 4.32. The van der Waals surface area contributed by atoms with Crippen molar-refractivity contribution in [3.05, 3.63) is 40.8 Å². The van der Waals surface area contributed by atoms with Gasteiger partial charge < -0.3 is 26.3 Å². The van der Waals surface area contributed by atoms with E-state index in [2.05, 4.69) is 39.6 Å². The summed E-state index contributed by atoms with van der Waals surface area (Å²) < 4.78 is 2.86. The molecule has 3 aromatic rings. The van der Waals surface area contributed by atoms with Gasteiger partial charge in [-0.2, -0.15) is 4.57 Å². The number of nitrogens with two attached hydrogens (primary N) is 1. The lowest BCUT2D eigenvalue weighted by molar-refractivity contribution is -0.687. The van der Waals surface area contributed by atoms with Crippen molar-refractivity contribution in [1.82, 2.24) is 20.2 Å². The number of thioether (sulfide) groups is 1. The standard InChI is InChI=1S/C24H26N8O5S3/c1-4-11(2)26-24-28-13-5-6-31(8-15(13)40-24)7-12-9-38-21-17(20(34)32(21)18(12)22(35)36)29-19(33)16(30-37-3)14-10-39-23(25)27-14/h5-6,8,10-11,17,21H,4,7,9H2,1-3H3,(H4,25,27,29,33,35,36)/p+1/b30-16-/t11?,17-,21-/m1/s1. The summed E-state index contributed by atoms with van der Waals surface area (Å²) in [4.78, 5) is 53.1. The van der Waals surface area contributed by atoms with Gasteiger partial charge in [0.15, 0.2) is 34.9 Å². The lowest BCUT2D eigenvalue weighted by Crippen LogP contribution is -2.71. The molecule has 0 spiro atoms. The molecule has 2 amide bonds. The average molecular weight is 604 g/mol. The van der Waals surface area contributed by atoms with Crippen molar-refractivity contribution in [2.75, 3.05) is 23.9 Å². The van der Waals surface area contributed by atoms with Crippen molar-refractivity contribution >= 4 is 78.4 Å². The fourth-order valence-corrected chi connectivity index (χ4v) is 7.22. The van der Waals surface area contributed by atoms with E-state index in [9.17, 15) is 19.5 Å². The molecule has 13 nitrogen and oxygen atoms in total. The van der Waals surface area contributed by atoms with Gasteiger partial charge in [-0.05, 0) is 13.3 Å². The highest BCUT2D eigenvalue weighted by atomic mass is 32.2. The zero-order valence-corrected chi connectivity index (χ0v) is 24.2. The number of hydrogen-bond acceptors (Lipinski definition) is 12. The Morgan fingerprint density at radius 2 is 2.20 bits per heavy atom. The summed E-state index contributed by atoms with van der Waals surface area (Å²) in [7, 11) is 1.29. The van der Waals surface area contributed by atoms with Gasteiger partial charge >= 0.3 is 5.97 Å². The third-order valence-electron chi connectivity index (χ3n) is 6.44. The number of amides is 2. The maximum Gasteiger partial charge on any atom is 0.352 e. The van der Waals surface area contributed by atoms with Gasteiger partial charge in [0.25, 0.3) is 11.8 Å². The molecule has 1 saturated heterocycles. The van der Waals surface area contributed by atoms with Crippen molar-refractivity contribution in [3.8, 4) is 0 Å². The number of pyridine rings is 1. The molecule has 0 saturated carbocycles. The Labute approximate surface area is 241 Å². The molecule has 3 atom stereocenters. The second-order valence-electron chi connectivity index (χ2n) is 9.15. The highest BCUT2D eigenvalue weighted by Gasteiger charge is 2.54. The molecule has 1 fully saturated rings. The average Bonchev–Trinajstić information content (AvgIpc) is 3.54. The Balaban J connectivity index is 1.33. The van der Waals surface area contributed by atoms with E-state index < -0.39 is 29.2 Å². The molecule has 0 aliphatic carbocycles. The van der Waals surface area contributed by atoms with Crippen LogP contribution in [-0.2, 0) is 25.8 Å². The Morgan fingerprint density at radius 1 is 1.40 bits per heavy atom. The van der Waals surface area contributed by atoms with E-state index >= 15 is 0 Å². The van der Waals surface area contributed by atoms with Crippen LogP contribution in [0.2, 0.25) is 0 Å². The van der Waals surface area contributed by atoms with Crippen LogP contribution in [0, 0.1) is 0 Å². The normalized spacial score (nSPS) is 19.7. The summed E-state index contributed by atoms with van der Waals surface area (Å²) >= 11 is 4.06. The van der Waals surface area contributed by atoms with E-state index in [0.717, 1.165) is 33.1 Å². The van der Waals surface area contributed by atoms with Crippen molar-refractivity contribution in [2.45, 2.75) is 44.3 Å². The predicted molar refractivity (Wildman–Crippen MR) is 153 cm³/mol. The number of nitrogens with zero attached hydrogens (tertiary/aromatic N) is 5. The summed E-state index contributed by atoms with van der Waals surface area (Å²) in [6.07, 6.45) is 4.76. The summed E-state index contributed by atoms with van der Waals surface area (Å²) in [5.41, 5.74) is 7.14. The predicted octanol–water partition coefficient (Wildman–Crippen LogP) is 1.62. The SMILES string of the molecule is CCC(C)Nc1nc2cc[n+](CC3=C(C(=O)O)N4C(=O)[C@@H](NC(=O)/C(=N\OC)c5csc(N)n5)[C@H]4SC3)cc2s1. The number of rotatable bonds is 10. The molecule has 210 valence electrons. The maximum absolute atomic E-state index is 13.1. The molecule has 0 bridgehead atoms. The molecule has 16 heteroatoms. The topological polar surface area (TPSA) is 176 Å². The van der Waals surface area contributed by atoms with Crippen LogP contribution >= 0.6 is 34.4 Å². The number of aliphatic carboxylic acids is 1. The third-order valence-corrected chi connectivity index (χ3v) is 9.39. The largest absolute Gasteiger partial charge is 0.477 e. The molecular formula is C24H27N8O5S3+. The molecule has 40 heavy (non-hydrogen) atoms. The van der Waals surface area contributed by atoms with Crippen LogP contribution in [-0.4, -0.2) is 73.8 Å². The van der Waals surface area contributed by atoms with Crippen molar-refractivity contribution in [3.63, 3.8) is 0 Å². The number of nitrogen functional groups attached to an aromatic ring is 1. The van der Waals surface area contributed by atoms with Crippen LogP contribution in [0.15, 0.2) is 40.3 Å². The lowest BCUT2D eigenvalue weighted by Gasteiger charge is -2.49. The molecule has 2 aliphatic heterocycles. The van der Waals surface area contributed by atoms with E-state index in [0.29, 0.717) is 23.9 Å². The number of carboxylic acid groups (broad SMARTS) is 1. The number of carboxylic acids is 1. The number of oxime groups is 1. The molecule has 2 aliphatic rings. The molecular weight excluding hydrogens is 577 g/mol. The number of β-lactam (4-membered cyclic amide) rings is 1. The number of carbonyl (C=O) groups excluding carboxylic acids is 2. The van der Waals surface area contributed by atoms with Gasteiger partial charge in [0, 0.05) is 28.8 Å². The molecule has 0 radical (unpaired) electrons. The van der Waals surface area contributed by atoms with Crippen molar-refractivity contribution < 1.29 is 28.9 Å². The molecule has 5 rings (SSSR count). The minimum absolute atomic E-state index is 0.0617. The number of aromatic nitrogens is 3. The van der Waals surface area contributed by atoms with Gasteiger partial charge in [-0.1, -0.05) is 23.4 Å². The van der Waals surface area contributed by atoms with Gasteiger partial charge in [-0.25, -0.2) is 14.8 Å². The monoisotopic (exact) mass is 603 g/mol. The lowest BCUT2D eigenvalue weighted by atomic mass is 10.0. The van der Waals surface area contributed by atoms with E-state index in [-0.39, 0.29) is 22.2 Å². The van der Waals surface area contributed by atoms with Crippen molar-refractivity contribution in [1.29, 1.82) is 0 Å². The van der Waals surface area contributed by atoms with Gasteiger partial charge in [0.05, 0.1) is 5.52 Å². The molecule has 5 N–H and O–H groups in total. The number of carbonyl (C=O) groups is 3. The Kier molecular flexibility index (Phi) is 7.91. The summed E-state index contributed by atoms with van der Waals surface area (Å²) in [6.45, 7) is 4.49. The molecule has 0 aromatic carbocycles. The Morgan fingerprint density at radius 3 is 2.88 bits per heavy atom. The first-order valence-electron chi connectivity index (χ1n) is 12.3. The summed E-state index contributed by atoms with van der Waals surface area (Å²) in [6, 6.07) is 1.27. The summed E-state index contributed by atoms with van der Waals surface area (Å²) in [5, 5.41) is 21.9. The van der Waals surface area contributed by atoms with Gasteiger partial charge in [0.1, 0.15) is 34.6 Å². The van der Waals surface area contributed by atoms with Gasteiger partial charge in [0.2, 0.25) is 0 Å². The number of thiazole rings is 2. The second kappa shape index (κ2) is 11.4. The van der Waals surface area contributed by atoms with Crippen LogP contribution in [0.25, 0.3) is 10.2 Å². The Hall–Kier alpha value is -3.76. The highest BCUT2D eigenvalue weighted by Crippen LogP contribution is 2.40. The minimum Gasteiger partial charge on any atom is -0.477 e. The van der Waals surface area contributed by atoms with Crippen LogP contribution in [0.3, 0.4) is 0 Å². The molecule has 3 aromatic heterocycles. The number of anilines is 2. The quantitative estimate of drug-likeness (QED) is 0.115. The van der Waals surface area contributed by atoms with Crippen LogP contribution in [0.5, 0.6) is 0 Å². The Bertz CT molecular complexity index is 1550. The van der Waals surface area contributed by atoms with Crippen LogP contribution < -0.4 is 20.9 Å². The van der Waals surface area contributed by atoms with E-state index in [1.165, 1.54) is 35.1 Å². The number of hydrogen-bond donors (Lipinski definition) is 4. The first kappa shape index (κ1) is 27.8. The number of nitrogens with one attached hydrogen (secondary N) is 2. The van der Waals surface area contributed by atoms with E-state index in [1.54, 1.807) is 5.38 Å². The second-order valence-corrected chi connectivity index (χ2v) is 12.2. The van der Waals surface area contributed by atoms with Crippen LogP contribution in [0.1, 0.15) is 26.0 Å². The zero-order valence-electron chi connectivity index (χ0n) is 21.8. The number of fused-ring (bicyclic) bond motifs is 2. The third kappa shape index (κ3) is 5.33. The first-order valence-corrected chi connectivity index (χ1v) is 15.0. The van der Waals surface area contributed by atoms with Gasteiger partial charge in [-0.3, -0.25) is 14.5 Å². The van der Waals surface area contributed by atoms with E-state index in [4.69, 9.17) is 10.6 Å². The smallest absolute Gasteiger partial charge is 0.352 e. The summed E-state index contributed by atoms with van der Waals surface area (Å²) in [5.74, 6) is -2.01.